The largest absolute Gasteiger partial charge is 0.454 e. The Morgan fingerprint density at radius 3 is 2.41 bits per heavy atom. The van der Waals surface area contributed by atoms with Gasteiger partial charge < -0.3 is 16.2 Å². The lowest BCUT2D eigenvalue weighted by atomic mass is 10.2. The normalized spacial score (nSPS) is 10.6. The number of carbonyl (C=O) groups is 1. The molecule has 2 aromatic carbocycles. The number of benzene rings is 2. The fourth-order valence-electron chi connectivity index (χ4n) is 2.26. The van der Waals surface area contributed by atoms with E-state index in [0.717, 1.165) is 0 Å². The highest BCUT2D eigenvalue weighted by Crippen LogP contribution is 2.27. The Kier molecular flexibility index (Phi) is 5.82. The maximum absolute atomic E-state index is 13.8. The number of carbonyl (C=O) groups excluding carboxylic acids is 1. The summed E-state index contributed by atoms with van der Waals surface area (Å²) < 4.78 is 19.0. The third-order valence-corrected chi connectivity index (χ3v) is 4.62. The molecular formula is C18H16FN5O2S. The van der Waals surface area contributed by atoms with Gasteiger partial charge in [-0.15, -0.1) is 11.8 Å². The van der Waals surface area contributed by atoms with Gasteiger partial charge in [0.05, 0.1) is 5.56 Å². The quantitative estimate of drug-likeness (QED) is 0.491. The molecule has 4 N–H and O–H groups in total. The predicted molar refractivity (Wildman–Crippen MR) is 100 cm³/mol. The number of anilines is 2. The SMILES string of the molecule is Nc1nc(N)nc(COC(=O)c2ccccc2SCc2ccccc2F)n1. The lowest BCUT2D eigenvalue weighted by molar-refractivity contribution is 0.0458. The van der Waals surface area contributed by atoms with Gasteiger partial charge in [-0.3, -0.25) is 0 Å². The maximum atomic E-state index is 13.8. The van der Waals surface area contributed by atoms with E-state index in [1.165, 1.54) is 17.8 Å². The molecular weight excluding hydrogens is 369 g/mol. The second kappa shape index (κ2) is 8.45. The van der Waals surface area contributed by atoms with Crippen LogP contribution in [0.25, 0.3) is 0 Å². The predicted octanol–water partition coefficient (Wildman–Crippen LogP) is 2.82. The van der Waals surface area contributed by atoms with E-state index < -0.39 is 5.97 Å². The molecule has 0 aliphatic rings. The molecule has 7 nitrogen and oxygen atoms in total. The number of nitrogen functional groups attached to an aromatic ring is 2. The molecule has 0 aliphatic carbocycles. The molecule has 0 fully saturated rings. The molecule has 0 radical (unpaired) electrons. The third kappa shape index (κ3) is 4.91. The second-order valence-corrected chi connectivity index (χ2v) is 6.44. The summed E-state index contributed by atoms with van der Waals surface area (Å²) in [5.41, 5.74) is 11.9. The van der Waals surface area contributed by atoms with Crippen molar-refractivity contribution in [2.24, 2.45) is 0 Å². The number of nitrogens with zero attached hydrogens (tertiary/aromatic N) is 3. The first-order valence-corrected chi connectivity index (χ1v) is 8.90. The van der Waals surface area contributed by atoms with E-state index in [1.807, 2.05) is 0 Å². The summed E-state index contributed by atoms with van der Waals surface area (Å²) in [4.78, 5) is 24.5. The number of rotatable bonds is 6. The van der Waals surface area contributed by atoms with Crippen LogP contribution < -0.4 is 11.5 Å². The zero-order chi connectivity index (χ0) is 19.2. The van der Waals surface area contributed by atoms with Gasteiger partial charge in [0.25, 0.3) is 0 Å². The highest BCUT2D eigenvalue weighted by atomic mass is 32.2. The van der Waals surface area contributed by atoms with Crippen LogP contribution in [0.2, 0.25) is 0 Å². The summed E-state index contributed by atoms with van der Waals surface area (Å²) in [7, 11) is 0. The molecule has 27 heavy (non-hydrogen) atoms. The summed E-state index contributed by atoms with van der Waals surface area (Å²) in [5.74, 6) is -0.384. The number of ether oxygens (including phenoxy) is 1. The number of nitrogens with two attached hydrogens (primary N) is 2. The van der Waals surface area contributed by atoms with Crippen LogP contribution in [0, 0.1) is 5.82 Å². The monoisotopic (exact) mass is 385 g/mol. The molecule has 0 aliphatic heterocycles. The van der Waals surface area contributed by atoms with Crippen molar-refractivity contribution in [3.8, 4) is 0 Å². The van der Waals surface area contributed by atoms with Crippen molar-refractivity contribution in [2.45, 2.75) is 17.3 Å². The second-order valence-electron chi connectivity index (χ2n) is 5.42. The number of aromatic nitrogens is 3. The van der Waals surface area contributed by atoms with Crippen molar-refractivity contribution in [1.82, 2.24) is 15.0 Å². The molecule has 9 heteroatoms. The van der Waals surface area contributed by atoms with Crippen LogP contribution in [0.1, 0.15) is 21.7 Å². The van der Waals surface area contributed by atoms with Crippen LogP contribution in [0.3, 0.4) is 0 Å². The zero-order valence-corrected chi connectivity index (χ0v) is 14.9. The molecule has 1 heterocycles. The number of halogens is 1. The van der Waals surface area contributed by atoms with E-state index in [-0.39, 0.29) is 30.1 Å². The van der Waals surface area contributed by atoms with E-state index in [4.69, 9.17) is 16.2 Å². The van der Waals surface area contributed by atoms with Crippen molar-refractivity contribution in [1.29, 1.82) is 0 Å². The lowest BCUT2D eigenvalue weighted by Gasteiger charge is -2.09. The standard InChI is InChI=1S/C18H16FN5O2S/c19-13-7-3-1-5-11(13)10-27-14-8-4-2-6-12(14)16(25)26-9-15-22-17(20)24-18(21)23-15/h1-8H,9-10H2,(H4,20,21,22,23,24). The van der Waals surface area contributed by atoms with Gasteiger partial charge in [0.15, 0.2) is 12.4 Å². The van der Waals surface area contributed by atoms with E-state index >= 15 is 0 Å². The molecule has 138 valence electrons. The average Bonchev–Trinajstić information content (AvgIpc) is 2.65. The van der Waals surface area contributed by atoms with E-state index in [2.05, 4.69) is 15.0 Å². The van der Waals surface area contributed by atoms with Crippen molar-refractivity contribution in [3.63, 3.8) is 0 Å². The van der Waals surface area contributed by atoms with Crippen LogP contribution in [-0.4, -0.2) is 20.9 Å². The first kappa shape index (κ1) is 18.6. The minimum Gasteiger partial charge on any atom is -0.454 e. The molecule has 3 rings (SSSR count). The smallest absolute Gasteiger partial charge is 0.339 e. The van der Waals surface area contributed by atoms with Gasteiger partial charge in [-0.2, -0.15) is 15.0 Å². The molecule has 0 spiro atoms. The van der Waals surface area contributed by atoms with Crippen molar-refractivity contribution in [3.05, 3.63) is 71.3 Å². The Morgan fingerprint density at radius 2 is 1.67 bits per heavy atom. The molecule has 0 amide bonds. The van der Waals surface area contributed by atoms with Gasteiger partial charge in [0.1, 0.15) is 5.82 Å². The summed E-state index contributed by atoms with van der Waals surface area (Å²) in [6.45, 7) is -0.192. The van der Waals surface area contributed by atoms with Gasteiger partial charge in [0.2, 0.25) is 11.9 Å². The first-order valence-electron chi connectivity index (χ1n) is 7.91. The summed E-state index contributed by atoms with van der Waals surface area (Å²) in [6.07, 6.45) is 0. The highest BCUT2D eigenvalue weighted by molar-refractivity contribution is 7.98. The molecule has 0 saturated carbocycles. The minimum atomic E-state index is -0.552. The number of thioether (sulfide) groups is 1. The van der Waals surface area contributed by atoms with Crippen LogP contribution in [-0.2, 0) is 17.1 Å². The Balaban J connectivity index is 1.69. The fourth-order valence-corrected chi connectivity index (χ4v) is 3.29. The summed E-state index contributed by atoms with van der Waals surface area (Å²) in [5, 5.41) is 0. The lowest BCUT2D eigenvalue weighted by Crippen LogP contribution is -2.11. The Bertz CT molecular complexity index is 950. The average molecular weight is 385 g/mol. The minimum absolute atomic E-state index is 0.0469. The Labute approximate surface area is 159 Å². The number of hydrogen-bond acceptors (Lipinski definition) is 8. The van der Waals surface area contributed by atoms with Crippen LogP contribution in [0.4, 0.5) is 16.3 Å². The number of hydrogen-bond donors (Lipinski definition) is 2. The third-order valence-electron chi connectivity index (χ3n) is 3.50. The first-order chi connectivity index (χ1) is 13.0. The van der Waals surface area contributed by atoms with Gasteiger partial charge in [0, 0.05) is 10.6 Å². The van der Waals surface area contributed by atoms with Gasteiger partial charge in [-0.05, 0) is 23.8 Å². The van der Waals surface area contributed by atoms with Gasteiger partial charge >= 0.3 is 5.97 Å². The summed E-state index contributed by atoms with van der Waals surface area (Å²) in [6, 6.07) is 13.5. The molecule has 0 bridgehead atoms. The number of esters is 1. The summed E-state index contributed by atoms with van der Waals surface area (Å²) >= 11 is 1.35. The molecule has 1 aromatic heterocycles. The van der Waals surface area contributed by atoms with Crippen molar-refractivity contribution in [2.75, 3.05) is 11.5 Å². The van der Waals surface area contributed by atoms with Crippen LogP contribution >= 0.6 is 11.8 Å². The maximum Gasteiger partial charge on any atom is 0.339 e. The van der Waals surface area contributed by atoms with E-state index in [9.17, 15) is 9.18 Å². The van der Waals surface area contributed by atoms with E-state index in [1.54, 1.807) is 42.5 Å². The molecule has 0 unspecified atom stereocenters. The van der Waals surface area contributed by atoms with Crippen LogP contribution in [0.5, 0.6) is 0 Å². The van der Waals surface area contributed by atoms with Crippen molar-refractivity contribution >= 4 is 29.6 Å². The van der Waals surface area contributed by atoms with Gasteiger partial charge in [-0.25, -0.2) is 9.18 Å². The Hall–Kier alpha value is -3.20. The zero-order valence-electron chi connectivity index (χ0n) is 14.1. The Morgan fingerprint density at radius 1 is 1.00 bits per heavy atom. The highest BCUT2D eigenvalue weighted by Gasteiger charge is 2.15. The molecule has 0 atom stereocenters. The molecule has 0 saturated heterocycles. The van der Waals surface area contributed by atoms with E-state index in [0.29, 0.717) is 21.8 Å². The fraction of sp³-hybridized carbons (Fsp3) is 0.111. The molecule has 3 aromatic rings. The van der Waals surface area contributed by atoms with Crippen molar-refractivity contribution < 1.29 is 13.9 Å². The van der Waals surface area contributed by atoms with Crippen LogP contribution in [0.15, 0.2) is 53.4 Å². The van der Waals surface area contributed by atoms with Gasteiger partial charge in [-0.1, -0.05) is 30.3 Å². The topological polar surface area (TPSA) is 117 Å².